The van der Waals surface area contributed by atoms with Crippen molar-refractivity contribution in [2.75, 3.05) is 25.5 Å². The minimum absolute atomic E-state index is 0.0743. The van der Waals surface area contributed by atoms with E-state index in [1.54, 1.807) is 19.2 Å². The Balaban J connectivity index is 2.22. The van der Waals surface area contributed by atoms with Gasteiger partial charge in [-0.2, -0.15) is 0 Å². The second-order valence-corrected chi connectivity index (χ2v) is 4.73. The number of para-hydroxylation sites is 1. The van der Waals surface area contributed by atoms with Crippen molar-refractivity contribution in [1.29, 1.82) is 0 Å². The topological polar surface area (TPSA) is 32.3 Å². The molecule has 0 aromatic heterocycles. The van der Waals surface area contributed by atoms with Crippen LogP contribution in [0.1, 0.15) is 30.1 Å². The van der Waals surface area contributed by atoms with Gasteiger partial charge in [-0.1, -0.05) is 19.4 Å². The number of nitrogens with one attached hydrogen (secondary N) is 1. The molecule has 18 heavy (non-hydrogen) atoms. The maximum absolute atomic E-state index is 13.6. The van der Waals surface area contributed by atoms with Gasteiger partial charge in [-0.25, -0.2) is 4.39 Å². The molecule has 1 fully saturated rings. The maximum Gasteiger partial charge on any atom is 0.256 e. The van der Waals surface area contributed by atoms with Crippen LogP contribution in [0.15, 0.2) is 18.2 Å². The molecule has 1 aliphatic heterocycles. The average Bonchev–Trinajstić information content (AvgIpc) is 2.86. The predicted molar refractivity (Wildman–Crippen MR) is 70.2 cm³/mol. The summed E-state index contributed by atoms with van der Waals surface area (Å²) in [6.45, 7) is 3.70. The van der Waals surface area contributed by atoms with Crippen LogP contribution in [-0.4, -0.2) is 30.9 Å². The number of hydrogen-bond acceptors (Lipinski definition) is 2. The van der Waals surface area contributed by atoms with Gasteiger partial charge in [0, 0.05) is 20.1 Å². The summed E-state index contributed by atoms with van der Waals surface area (Å²) in [7, 11) is 1.63. The number of rotatable bonds is 3. The summed E-state index contributed by atoms with van der Waals surface area (Å²) in [6, 6.07) is 4.62. The van der Waals surface area contributed by atoms with Crippen LogP contribution in [0.4, 0.5) is 10.1 Å². The lowest BCUT2D eigenvalue weighted by molar-refractivity contribution is 0.0787. The zero-order valence-corrected chi connectivity index (χ0v) is 10.9. The van der Waals surface area contributed by atoms with Crippen LogP contribution in [-0.2, 0) is 0 Å². The number of benzene rings is 1. The Kier molecular flexibility index (Phi) is 3.84. The number of halogens is 1. The normalized spacial score (nSPS) is 19.1. The smallest absolute Gasteiger partial charge is 0.256 e. The number of carbonyl (C=O) groups is 1. The minimum Gasteiger partial charge on any atom is -0.385 e. The van der Waals surface area contributed by atoms with Crippen molar-refractivity contribution < 1.29 is 9.18 Å². The lowest BCUT2D eigenvalue weighted by Crippen LogP contribution is -2.29. The Morgan fingerprint density at radius 3 is 2.94 bits per heavy atom. The molecule has 2 rings (SSSR count). The van der Waals surface area contributed by atoms with Gasteiger partial charge in [0.25, 0.3) is 5.91 Å². The highest BCUT2D eigenvalue weighted by Crippen LogP contribution is 2.25. The number of likely N-dealkylation sites (tertiary alicyclic amines) is 1. The fraction of sp³-hybridized carbons (Fsp3) is 0.500. The summed E-state index contributed by atoms with van der Waals surface area (Å²) >= 11 is 0. The van der Waals surface area contributed by atoms with Crippen LogP contribution < -0.4 is 5.32 Å². The van der Waals surface area contributed by atoms with Gasteiger partial charge in [0.2, 0.25) is 0 Å². The first kappa shape index (κ1) is 12.9. The molecule has 1 N–H and O–H groups in total. The Morgan fingerprint density at radius 1 is 1.56 bits per heavy atom. The maximum atomic E-state index is 13.6. The Labute approximate surface area is 107 Å². The lowest BCUT2D eigenvalue weighted by atomic mass is 10.1. The van der Waals surface area contributed by atoms with Crippen molar-refractivity contribution in [3.63, 3.8) is 0 Å². The molecule has 0 spiro atoms. The summed E-state index contributed by atoms with van der Waals surface area (Å²) < 4.78 is 13.6. The van der Waals surface area contributed by atoms with E-state index < -0.39 is 0 Å². The number of carbonyl (C=O) groups excluding carboxylic acids is 1. The van der Waals surface area contributed by atoms with Crippen molar-refractivity contribution in [2.24, 2.45) is 5.92 Å². The molecule has 1 aromatic carbocycles. The van der Waals surface area contributed by atoms with E-state index in [1.807, 2.05) is 4.90 Å². The van der Waals surface area contributed by atoms with E-state index in [1.165, 1.54) is 6.07 Å². The summed E-state index contributed by atoms with van der Waals surface area (Å²) in [6.07, 6.45) is 2.14. The molecule has 1 amide bonds. The highest BCUT2D eigenvalue weighted by atomic mass is 19.1. The van der Waals surface area contributed by atoms with E-state index in [4.69, 9.17) is 0 Å². The second kappa shape index (κ2) is 5.38. The minimum atomic E-state index is -0.380. The van der Waals surface area contributed by atoms with Crippen LogP contribution in [0.25, 0.3) is 0 Å². The quantitative estimate of drug-likeness (QED) is 0.894. The van der Waals surface area contributed by atoms with Crippen molar-refractivity contribution >= 4 is 11.6 Å². The highest BCUT2D eigenvalue weighted by molar-refractivity contribution is 5.99. The molecule has 3 nitrogen and oxygen atoms in total. The molecule has 0 aliphatic carbocycles. The van der Waals surface area contributed by atoms with Gasteiger partial charge in [0.1, 0.15) is 5.82 Å². The number of anilines is 1. The first-order valence-corrected chi connectivity index (χ1v) is 6.43. The third-order valence-electron chi connectivity index (χ3n) is 3.64. The van der Waals surface area contributed by atoms with Gasteiger partial charge in [0.15, 0.2) is 0 Å². The Bertz CT molecular complexity index is 447. The molecule has 4 heteroatoms. The third-order valence-corrected chi connectivity index (χ3v) is 3.64. The van der Waals surface area contributed by atoms with E-state index >= 15 is 0 Å². The molecule has 1 atom stereocenters. The number of amides is 1. The van der Waals surface area contributed by atoms with E-state index in [2.05, 4.69) is 12.2 Å². The predicted octanol–water partition coefficient (Wildman–Crippen LogP) is 2.74. The Hall–Kier alpha value is -1.58. The summed E-state index contributed by atoms with van der Waals surface area (Å²) in [5.74, 6) is 0.130. The molecule has 98 valence electrons. The van der Waals surface area contributed by atoms with Crippen molar-refractivity contribution in [1.82, 2.24) is 4.90 Å². The SMILES string of the molecule is CCC1CCN(C(=O)c2cccc(F)c2NC)C1. The van der Waals surface area contributed by atoms with E-state index in [0.29, 0.717) is 17.2 Å². The zero-order valence-electron chi connectivity index (χ0n) is 10.9. The molecule has 1 aromatic rings. The summed E-state index contributed by atoms with van der Waals surface area (Å²) in [5.41, 5.74) is 0.719. The van der Waals surface area contributed by atoms with Gasteiger partial charge in [-0.3, -0.25) is 4.79 Å². The molecule has 1 aliphatic rings. The van der Waals surface area contributed by atoms with Crippen LogP contribution in [0.2, 0.25) is 0 Å². The van der Waals surface area contributed by atoms with Crippen molar-refractivity contribution in [2.45, 2.75) is 19.8 Å². The number of nitrogens with zero attached hydrogens (tertiary/aromatic N) is 1. The fourth-order valence-corrected chi connectivity index (χ4v) is 2.48. The zero-order chi connectivity index (χ0) is 13.1. The molecule has 0 bridgehead atoms. The van der Waals surface area contributed by atoms with Gasteiger partial charge >= 0.3 is 0 Å². The average molecular weight is 250 g/mol. The van der Waals surface area contributed by atoms with Crippen LogP contribution >= 0.6 is 0 Å². The molecule has 0 radical (unpaired) electrons. The highest BCUT2D eigenvalue weighted by Gasteiger charge is 2.27. The number of hydrogen-bond donors (Lipinski definition) is 1. The van der Waals surface area contributed by atoms with Crippen LogP contribution in [0.3, 0.4) is 0 Å². The fourth-order valence-electron chi connectivity index (χ4n) is 2.48. The first-order valence-electron chi connectivity index (χ1n) is 6.43. The van der Waals surface area contributed by atoms with Gasteiger partial charge in [0.05, 0.1) is 11.3 Å². The molecule has 1 heterocycles. The molecule has 0 saturated carbocycles. The third kappa shape index (κ3) is 2.33. The molecular formula is C14H19FN2O. The van der Waals surface area contributed by atoms with Crippen LogP contribution in [0.5, 0.6) is 0 Å². The van der Waals surface area contributed by atoms with E-state index in [-0.39, 0.29) is 11.7 Å². The standard InChI is InChI=1S/C14H19FN2O/c1-3-10-7-8-17(9-10)14(18)11-5-4-6-12(15)13(11)16-2/h4-6,10,16H,3,7-9H2,1-2H3. The molecular weight excluding hydrogens is 231 g/mol. The largest absolute Gasteiger partial charge is 0.385 e. The van der Waals surface area contributed by atoms with Crippen molar-refractivity contribution in [3.8, 4) is 0 Å². The monoisotopic (exact) mass is 250 g/mol. The van der Waals surface area contributed by atoms with E-state index in [0.717, 1.165) is 25.9 Å². The van der Waals surface area contributed by atoms with Gasteiger partial charge < -0.3 is 10.2 Å². The Morgan fingerprint density at radius 2 is 2.33 bits per heavy atom. The van der Waals surface area contributed by atoms with E-state index in [9.17, 15) is 9.18 Å². The second-order valence-electron chi connectivity index (χ2n) is 4.73. The van der Waals surface area contributed by atoms with Crippen molar-refractivity contribution in [3.05, 3.63) is 29.6 Å². The summed E-state index contributed by atoms with van der Waals surface area (Å²) in [5, 5.41) is 2.77. The molecule has 1 unspecified atom stereocenters. The van der Waals surface area contributed by atoms with Gasteiger partial charge in [-0.05, 0) is 24.5 Å². The molecule has 1 saturated heterocycles. The van der Waals surface area contributed by atoms with Crippen LogP contribution in [0, 0.1) is 11.7 Å². The lowest BCUT2D eigenvalue weighted by Gasteiger charge is -2.18. The summed E-state index contributed by atoms with van der Waals surface area (Å²) in [4.78, 5) is 14.2. The van der Waals surface area contributed by atoms with Gasteiger partial charge in [-0.15, -0.1) is 0 Å². The first-order chi connectivity index (χ1) is 8.67.